The van der Waals surface area contributed by atoms with Crippen LogP contribution in [0.2, 0.25) is 0 Å². The molecule has 4 aromatic rings. The summed E-state index contributed by atoms with van der Waals surface area (Å²) >= 11 is 1.66. The van der Waals surface area contributed by atoms with Crippen LogP contribution in [-0.2, 0) is 6.54 Å². The molecule has 6 heteroatoms. The fourth-order valence-electron chi connectivity index (χ4n) is 2.61. The Hall–Kier alpha value is -2.73. The molecule has 0 atom stereocenters. The fraction of sp³-hybridized carbons (Fsp3) is 0.118. The van der Waals surface area contributed by atoms with Gasteiger partial charge in [-0.1, -0.05) is 30.3 Å². The van der Waals surface area contributed by atoms with Crippen molar-refractivity contribution in [3.8, 4) is 22.8 Å². The van der Waals surface area contributed by atoms with E-state index >= 15 is 0 Å². The minimum atomic E-state index is 0.733. The van der Waals surface area contributed by atoms with E-state index in [2.05, 4.69) is 36.6 Å². The van der Waals surface area contributed by atoms with E-state index in [9.17, 15) is 0 Å². The smallest absolute Gasteiger partial charge is 0.160 e. The standard InChI is InChI=1S/C17H15N5S/c1-12-15(20-10-19-12)17-18-7-8-22(17)9-14-16(21-11-23-14)13-5-3-2-4-6-13/h2-8,10-11H,9H2,1H3,(H,19,20). The highest BCUT2D eigenvalue weighted by Crippen LogP contribution is 2.27. The van der Waals surface area contributed by atoms with Crippen molar-refractivity contribution in [2.24, 2.45) is 0 Å². The maximum Gasteiger partial charge on any atom is 0.160 e. The maximum absolute atomic E-state index is 4.54. The molecule has 3 aromatic heterocycles. The largest absolute Gasteiger partial charge is 0.348 e. The van der Waals surface area contributed by atoms with Gasteiger partial charge in [-0.25, -0.2) is 15.0 Å². The molecule has 1 aromatic carbocycles. The van der Waals surface area contributed by atoms with Crippen LogP contribution in [0.1, 0.15) is 10.6 Å². The summed E-state index contributed by atoms with van der Waals surface area (Å²) in [4.78, 5) is 17.7. The molecule has 5 nitrogen and oxygen atoms in total. The van der Waals surface area contributed by atoms with Crippen molar-refractivity contribution in [2.75, 3.05) is 0 Å². The number of aryl methyl sites for hydroxylation is 1. The molecular formula is C17H15N5S. The number of H-pyrrole nitrogens is 1. The first-order chi connectivity index (χ1) is 11.3. The van der Waals surface area contributed by atoms with Crippen molar-refractivity contribution in [1.82, 2.24) is 24.5 Å². The molecule has 0 amide bonds. The number of nitrogens with zero attached hydrogens (tertiary/aromatic N) is 4. The molecule has 0 aliphatic heterocycles. The average Bonchev–Trinajstić information content (AvgIpc) is 3.30. The van der Waals surface area contributed by atoms with Crippen LogP contribution in [0.15, 0.2) is 54.6 Å². The summed E-state index contributed by atoms with van der Waals surface area (Å²) in [6.45, 7) is 2.74. The lowest BCUT2D eigenvalue weighted by Gasteiger charge is -2.07. The summed E-state index contributed by atoms with van der Waals surface area (Å²) in [5, 5.41) is 0. The molecule has 0 spiro atoms. The Morgan fingerprint density at radius 2 is 1.96 bits per heavy atom. The summed E-state index contributed by atoms with van der Waals surface area (Å²) in [5.74, 6) is 0.871. The van der Waals surface area contributed by atoms with Crippen molar-refractivity contribution in [1.29, 1.82) is 0 Å². The third kappa shape index (κ3) is 2.57. The van der Waals surface area contributed by atoms with E-state index in [1.54, 1.807) is 17.7 Å². The number of imidazole rings is 2. The van der Waals surface area contributed by atoms with Crippen molar-refractivity contribution in [2.45, 2.75) is 13.5 Å². The van der Waals surface area contributed by atoms with E-state index in [0.717, 1.165) is 35.0 Å². The minimum absolute atomic E-state index is 0.733. The van der Waals surface area contributed by atoms with Crippen LogP contribution < -0.4 is 0 Å². The summed E-state index contributed by atoms with van der Waals surface area (Å²) in [6, 6.07) is 10.3. The zero-order chi connectivity index (χ0) is 15.6. The summed E-state index contributed by atoms with van der Waals surface area (Å²) in [7, 11) is 0. The molecule has 114 valence electrons. The van der Waals surface area contributed by atoms with Gasteiger partial charge in [0, 0.05) is 23.7 Å². The molecule has 23 heavy (non-hydrogen) atoms. The van der Waals surface area contributed by atoms with Gasteiger partial charge in [-0.05, 0) is 6.92 Å². The Labute approximate surface area is 137 Å². The van der Waals surface area contributed by atoms with Gasteiger partial charge in [0.15, 0.2) is 5.82 Å². The van der Waals surface area contributed by atoms with Crippen LogP contribution in [0, 0.1) is 6.92 Å². The molecule has 0 aliphatic rings. The van der Waals surface area contributed by atoms with E-state index < -0.39 is 0 Å². The summed E-state index contributed by atoms with van der Waals surface area (Å²) < 4.78 is 2.11. The zero-order valence-corrected chi connectivity index (χ0v) is 13.4. The third-order valence-corrected chi connectivity index (χ3v) is 4.58. The van der Waals surface area contributed by atoms with Crippen LogP contribution in [-0.4, -0.2) is 24.5 Å². The van der Waals surface area contributed by atoms with Gasteiger partial charge in [-0.15, -0.1) is 11.3 Å². The Morgan fingerprint density at radius 1 is 1.09 bits per heavy atom. The quantitative estimate of drug-likeness (QED) is 0.622. The number of nitrogens with one attached hydrogen (secondary N) is 1. The highest BCUT2D eigenvalue weighted by molar-refractivity contribution is 7.10. The highest BCUT2D eigenvalue weighted by atomic mass is 32.1. The van der Waals surface area contributed by atoms with Crippen LogP contribution in [0.25, 0.3) is 22.8 Å². The Bertz CT molecular complexity index is 919. The molecule has 1 N–H and O–H groups in total. The van der Waals surface area contributed by atoms with Crippen LogP contribution >= 0.6 is 11.3 Å². The van der Waals surface area contributed by atoms with Crippen molar-refractivity contribution in [3.63, 3.8) is 0 Å². The average molecular weight is 321 g/mol. The molecule has 0 saturated carbocycles. The minimum Gasteiger partial charge on any atom is -0.348 e. The molecule has 0 saturated heterocycles. The summed E-state index contributed by atoms with van der Waals surface area (Å²) in [6.07, 6.45) is 5.50. The van der Waals surface area contributed by atoms with Gasteiger partial charge >= 0.3 is 0 Å². The van der Waals surface area contributed by atoms with Gasteiger partial charge in [-0.2, -0.15) is 0 Å². The number of aromatic nitrogens is 5. The van der Waals surface area contributed by atoms with E-state index in [0.29, 0.717) is 0 Å². The second-order valence-electron chi connectivity index (χ2n) is 5.25. The van der Waals surface area contributed by atoms with Crippen molar-refractivity contribution in [3.05, 3.63) is 65.1 Å². The summed E-state index contributed by atoms with van der Waals surface area (Å²) in [5.41, 5.74) is 5.98. The topological polar surface area (TPSA) is 59.4 Å². The van der Waals surface area contributed by atoms with Crippen molar-refractivity contribution >= 4 is 11.3 Å². The predicted molar refractivity (Wildman–Crippen MR) is 91.2 cm³/mol. The van der Waals surface area contributed by atoms with E-state index in [1.165, 1.54) is 4.88 Å². The first-order valence-electron chi connectivity index (χ1n) is 7.32. The molecule has 0 fully saturated rings. The van der Waals surface area contributed by atoms with Gasteiger partial charge in [-0.3, -0.25) is 0 Å². The molecule has 0 unspecified atom stereocenters. The number of rotatable bonds is 4. The maximum atomic E-state index is 4.54. The molecule has 0 radical (unpaired) electrons. The lowest BCUT2D eigenvalue weighted by atomic mass is 10.1. The second-order valence-corrected chi connectivity index (χ2v) is 6.18. The van der Waals surface area contributed by atoms with Crippen LogP contribution in [0.5, 0.6) is 0 Å². The first kappa shape index (κ1) is 13.9. The molecule has 3 heterocycles. The third-order valence-electron chi connectivity index (χ3n) is 3.76. The molecule has 4 rings (SSSR count). The number of hydrogen-bond acceptors (Lipinski definition) is 4. The lowest BCUT2D eigenvalue weighted by molar-refractivity contribution is 0.815. The number of hydrogen-bond donors (Lipinski definition) is 1. The molecule has 0 aliphatic carbocycles. The monoisotopic (exact) mass is 321 g/mol. The van der Waals surface area contributed by atoms with Gasteiger partial charge in [0.1, 0.15) is 5.69 Å². The van der Waals surface area contributed by atoms with Gasteiger partial charge in [0.05, 0.1) is 29.0 Å². The normalized spacial score (nSPS) is 11.0. The number of thiazole rings is 1. The van der Waals surface area contributed by atoms with Crippen molar-refractivity contribution < 1.29 is 0 Å². The van der Waals surface area contributed by atoms with Crippen LogP contribution in [0.4, 0.5) is 0 Å². The van der Waals surface area contributed by atoms with E-state index in [-0.39, 0.29) is 0 Å². The Kier molecular flexibility index (Phi) is 3.51. The molecule has 0 bridgehead atoms. The number of aromatic amines is 1. The second kappa shape index (κ2) is 5.81. The van der Waals surface area contributed by atoms with E-state index in [4.69, 9.17) is 0 Å². The van der Waals surface area contributed by atoms with Gasteiger partial charge in [0.2, 0.25) is 0 Å². The first-order valence-corrected chi connectivity index (χ1v) is 8.20. The Morgan fingerprint density at radius 3 is 2.74 bits per heavy atom. The predicted octanol–water partition coefficient (Wildman–Crippen LogP) is 3.75. The highest BCUT2D eigenvalue weighted by Gasteiger charge is 2.14. The Balaban J connectivity index is 1.70. The fourth-order valence-corrected chi connectivity index (χ4v) is 3.39. The van der Waals surface area contributed by atoms with Crippen LogP contribution in [0.3, 0.4) is 0 Å². The van der Waals surface area contributed by atoms with Gasteiger partial charge < -0.3 is 9.55 Å². The van der Waals surface area contributed by atoms with E-state index in [1.807, 2.05) is 43.0 Å². The van der Waals surface area contributed by atoms with Gasteiger partial charge in [0.25, 0.3) is 0 Å². The lowest BCUT2D eigenvalue weighted by Crippen LogP contribution is -2.02. The zero-order valence-electron chi connectivity index (χ0n) is 12.6. The number of benzene rings is 1. The SMILES string of the molecule is Cc1[nH]cnc1-c1nccn1Cc1scnc1-c1ccccc1. The molecular weight excluding hydrogens is 306 g/mol.